The molecule has 0 atom stereocenters. The highest BCUT2D eigenvalue weighted by Gasteiger charge is 2.41. The van der Waals surface area contributed by atoms with Gasteiger partial charge in [-0.05, 0) is 16.2 Å². The summed E-state index contributed by atoms with van der Waals surface area (Å²) in [6.45, 7) is 0.253. The molecule has 0 aliphatic rings. The summed E-state index contributed by atoms with van der Waals surface area (Å²) in [6, 6.07) is 9.61. The van der Waals surface area contributed by atoms with Gasteiger partial charge in [0.05, 0.1) is 0 Å². The third kappa shape index (κ3) is 5.95. The molecule has 22 heavy (non-hydrogen) atoms. The number of nitrogens with one attached hydrogen (secondary N) is 1. The fourth-order valence-electron chi connectivity index (χ4n) is 2.06. The number of ether oxygens (including phenoxy) is 2. The summed E-state index contributed by atoms with van der Waals surface area (Å²) in [5.74, 6) is 0. The summed E-state index contributed by atoms with van der Waals surface area (Å²) >= 11 is 0. The van der Waals surface area contributed by atoms with Gasteiger partial charge < -0.3 is 14.8 Å². The lowest BCUT2D eigenvalue weighted by atomic mass is 9.39. The minimum absolute atomic E-state index is 0.253. The molecule has 0 aliphatic carbocycles. The van der Waals surface area contributed by atoms with Crippen LogP contribution < -0.4 is 5.32 Å². The molecule has 0 heterocycles. The Morgan fingerprint density at radius 1 is 1.00 bits per heavy atom. The van der Waals surface area contributed by atoms with Crippen molar-refractivity contribution in [1.82, 2.24) is 5.32 Å². The molecule has 0 radical (unpaired) electrons. The first-order chi connectivity index (χ1) is 9.93. The van der Waals surface area contributed by atoms with Crippen molar-refractivity contribution in [3.05, 3.63) is 35.9 Å². The molecule has 4 nitrogen and oxygen atoms in total. The monoisotopic (exact) mass is 293 g/mol. The zero-order valence-corrected chi connectivity index (χ0v) is 14.8. The minimum atomic E-state index is -0.575. The first-order valence-corrected chi connectivity index (χ1v) is 7.62. The SMILES string of the molecule is BC(B)(B)OC(B)(B)C(B)(B)NC(=O)OCc1ccccc1. The average molecular weight is 292 g/mol. The molecule has 0 saturated heterocycles. The molecule has 0 saturated carbocycles. The zero-order chi connectivity index (χ0) is 17.0. The van der Waals surface area contributed by atoms with Gasteiger partial charge in [0.25, 0.3) is 0 Å². The van der Waals surface area contributed by atoms with E-state index in [2.05, 4.69) is 5.32 Å². The summed E-state index contributed by atoms with van der Waals surface area (Å²) in [7, 11) is 13.8. The highest BCUT2D eigenvalue weighted by atomic mass is 16.5. The van der Waals surface area contributed by atoms with Crippen LogP contribution in [0.5, 0.6) is 0 Å². The fraction of sp³-hybridized carbons (Fsp3) is 0.364. The number of alkyl carbamates (subject to hydrolysis) is 1. The molecule has 11 heteroatoms. The number of amides is 1. The number of hydrogen-bond acceptors (Lipinski definition) is 3. The molecule has 0 unspecified atom stereocenters. The molecule has 1 rings (SSSR count). The van der Waals surface area contributed by atoms with E-state index in [1.165, 1.54) is 0 Å². The van der Waals surface area contributed by atoms with Gasteiger partial charge in [-0.15, -0.1) is 0 Å². The van der Waals surface area contributed by atoms with E-state index in [0.29, 0.717) is 0 Å². The van der Waals surface area contributed by atoms with Crippen molar-refractivity contribution < 1.29 is 14.3 Å². The molecule has 1 amide bonds. The van der Waals surface area contributed by atoms with E-state index >= 15 is 0 Å². The Kier molecular flexibility index (Phi) is 6.02. The molecule has 0 fully saturated rings. The topological polar surface area (TPSA) is 47.6 Å². The third-order valence-electron chi connectivity index (χ3n) is 3.69. The Balaban J connectivity index is 2.61. The van der Waals surface area contributed by atoms with Crippen LogP contribution >= 0.6 is 0 Å². The summed E-state index contributed by atoms with van der Waals surface area (Å²) in [5, 5.41) is 1.49. The maximum atomic E-state index is 12.1. The second-order valence-corrected chi connectivity index (χ2v) is 7.54. The first kappa shape index (κ1) is 19.0. The molecular formula is C11H22B7NO3. The largest absolute Gasteiger partial charge is 0.445 e. The van der Waals surface area contributed by atoms with Crippen LogP contribution in [-0.2, 0) is 16.1 Å². The van der Waals surface area contributed by atoms with Crippen molar-refractivity contribution >= 4 is 61.0 Å². The number of carbonyl (C=O) groups is 1. The summed E-state index contributed by atoms with van der Waals surface area (Å²) in [6.07, 6.45) is -0.445. The van der Waals surface area contributed by atoms with Gasteiger partial charge in [0.2, 0.25) is 0 Å². The van der Waals surface area contributed by atoms with Crippen molar-refractivity contribution in [1.29, 1.82) is 0 Å². The molecule has 0 aliphatic heterocycles. The smallest absolute Gasteiger partial charge is 0.406 e. The van der Waals surface area contributed by atoms with Gasteiger partial charge in [-0.2, -0.15) is 0 Å². The van der Waals surface area contributed by atoms with Gasteiger partial charge in [-0.1, -0.05) is 30.3 Å². The summed E-state index contributed by atoms with van der Waals surface area (Å²) < 4.78 is 11.4. The van der Waals surface area contributed by atoms with Crippen LogP contribution in [0.2, 0.25) is 0 Å². The Hall–Kier alpha value is -1.10. The predicted molar refractivity (Wildman–Crippen MR) is 109 cm³/mol. The van der Waals surface area contributed by atoms with E-state index in [9.17, 15) is 4.79 Å². The van der Waals surface area contributed by atoms with Crippen molar-refractivity contribution in [3.8, 4) is 0 Å². The standard InChI is InChI=1S/C11H22B7NO3/c12-9(13,10(14,15)22-11(16,17)18)19-8(20)21-6-7-4-2-1-3-5-7/h1-5H,6,12-18H2,(H,19,20). The van der Waals surface area contributed by atoms with Crippen LogP contribution in [0.4, 0.5) is 4.79 Å². The molecule has 110 valence electrons. The van der Waals surface area contributed by atoms with Crippen molar-refractivity contribution in [3.63, 3.8) is 0 Å². The fourth-order valence-corrected chi connectivity index (χ4v) is 2.06. The van der Waals surface area contributed by atoms with Crippen LogP contribution in [0, 0.1) is 0 Å². The Bertz CT molecular complexity index is 504. The van der Waals surface area contributed by atoms with Crippen LogP contribution in [0.3, 0.4) is 0 Å². The van der Waals surface area contributed by atoms with E-state index in [1.807, 2.05) is 85.3 Å². The van der Waals surface area contributed by atoms with Crippen LogP contribution in [0.1, 0.15) is 5.56 Å². The van der Waals surface area contributed by atoms with Gasteiger partial charge in [0.1, 0.15) is 61.5 Å². The van der Waals surface area contributed by atoms with Crippen LogP contribution in [-0.4, -0.2) is 77.1 Å². The molecule has 0 bridgehead atoms. The number of carbonyl (C=O) groups excluding carboxylic acids is 1. The lowest BCUT2D eigenvalue weighted by molar-refractivity contribution is 0.0479. The van der Waals surface area contributed by atoms with E-state index in [-0.39, 0.29) is 11.9 Å². The van der Waals surface area contributed by atoms with Crippen molar-refractivity contribution in [2.24, 2.45) is 0 Å². The van der Waals surface area contributed by atoms with E-state index in [1.54, 1.807) is 0 Å². The molecule has 1 aromatic carbocycles. The van der Waals surface area contributed by atoms with Crippen LogP contribution in [0.25, 0.3) is 0 Å². The summed E-state index contributed by atoms with van der Waals surface area (Å²) in [4.78, 5) is 12.1. The number of rotatable bonds is 6. The highest BCUT2D eigenvalue weighted by molar-refractivity contribution is 6.59. The third-order valence-corrected chi connectivity index (χ3v) is 3.69. The average Bonchev–Trinajstić information content (AvgIpc) is 2.34. The lowest BCUT2D eigenvalue weighted by Crippen LogP contribution is -2.70. The second kappa shape index (κ2) is 6.99. The van der Waals surface area contributed by atoms with Gasteiger partial charge in [0.15, 0.2) is 0 Å². The molecule has 1 N–H and O–H groups in total. The van der Waals surface area contributed by atoms with Crippen molar-refractivity contribution in [2.45, 2.75) is 22.6 Å². The van der Waals surface area contributed by atoms with Gasteiger partial charge >= 0.3 is 6.09 Å². The summed E-state index contributed by atoms with van der Waals surface area (Å²) in [5.41, 5.74) is 0.959. The van der Waals surface area contributed by atoms with Gasteiger partial charge in [0, 0.05) is 5.40 Å². The van der Waals surface area contributed by atoms with Crippen molar-refractivity contribution in [2.75, 3.05) is 0 Å². The zero-order valence-electron chi connectivity index (χ0n) is 14.8. The Labute approximate surface area is 139 Å². The van der Waals surface area contributed by atoms with E-state index < -0.39 is 16.8 Å². The molecule has 0 aromatic heterocycles. The Morgan fingerprint density at radius 3 is 2.05 bits per heavy atom. The molecule has 1 aromatic rings. The van der Waals surface area contributed by atoms with Crippen LogP contribution in [0.15, 0.2) is 30.3 Å². The second-order valence-electron chi connectivity index (χ2n) is 7.54. The number of hydrogen-bond donors (Lipinski definition) is 1. The normalized spacial score (nSPS) is 12.5. The predicted octanol–water partition coefficient (Wildman–Crippen LogP) is -5.72. The highest BCUT2D eigenvalue weighted by Crippen LogP contribution is 2.18. The lowest BCUT2D eigenvalue weighted by Gasteiger charge is -2.47. The maximum absolute atomic E-state index is 12.1. The molecular weight excluding hydrogens is 270 g/mol. The number of benzene rings is 1. The molecule has 0 spiro atoms. The van der Waals surface area contributed by atoms with E-state index in [0.717, 1.165) is 5.56 Å². The minimum Gasteiger partial charge on any atom is -0.445 e. The first-order valence-electron chi connectivity index (χ1n) is 7.62. The maximum Gasteiger partial charge on any atom is 0.406 e. The van der Waals surface area contributed by atoms with E-state index in [4.69, 9.17) is 9.47 Å². The van der Waals surface area contributed by atoms with Gasteiger partial charge in [-0.25, -0.2) is 4.79 Å². The van der Waals surface area contributed by atoms with Gasteiger partial charge in [-0.3, -0.25) is 0 Å². The Morgan fingerprint density at radius 2 is 1.55 bits per heavy atom. The quantitative estimate of drug-likeness (QED) is 0.532.